The molecule has 1 amide bonds. The lowest BCUT2D eigenvalue weighted by atomic mass is 9.92. The Hall–Kier alpha value is -1.06. The second-order valence-corrected chi connectivity index (χ2v) is 6.36. The second kappa shape index (κ2) is 7.65. The molecule has 112 valence electrons. The third-order valence-electron chi connectivity index (χ3n) is 3.32. The van der Waals surface area contributed by atoms with Crippen LogP contribution in [0.5, 0.6) is 0 Å². The Balaban J connectivity index is 2.77. The van der Waals surface area contributed by atoms with Gasteiger partial charge in [0.1, 0.15) is 0 Å². The maximum atomic E-state index is 12.5. The van der Waals surface area contributed by atoms with E-state index in [1.165, 1.54) is 0 Å². The van der Waals surface area contributed by atoms with Crippen molar-refractivity contribution in [2.75, 3.05) is 19.6 Å². The van der Waals surface area contributed by atoms with E-state index in [1.54, 1.807) is 0 Å². The standard InChI is InChI=1S/C16H25ClN2O/c1-4-9-19(12-16(2,3)11-18)15(20)10-13-7-5-6-8-14(13)17/h5-8H,4,9-12,18H2,1-3H3. The molecular weight excluding hydrogens is 272 g/mol. The number of amides is 1. The number of nitrogens with zero attached hydrogens (tertiary/aromatic N) is 1. The molecule has 0 radical (unpaired) electrons. The van der Waals surface area contributed by atoms with Gasteiger partial charge in [-0.25, -0.2) is 0 Å². The van der Waals surface area contributed by atoms with Crippen molar-refractivity contribution >= 4 is 17.5 Å². The Morgan fingerprint density at radius 3 is 2.55 bits per heavy atom. The molecule has 0 saturated heterocycles. The Morgan fingerprint density at radius 1 is 1.35 bits per heavy atom. The Kier molecular flexibility index (Phi) is 6.50. The fourth-order valence-corrected chi connectivity index (χ4v) is 2.26. The predicted octanol–water partition coefficient (Wildman–Crippen LogP) is 3.11. The Labute approximate surface area is 127 Å². The van der Waals surface area contributed by atoms with E-state index in [9.17, 15) is 4.79 Å². The fraction of sp³-hybridized carbons (Fsp3) is 0.562. The van der Waals surface area contributed by atoms with E-state index < -0.39 is 0 Å². The van der Waals surface area contributed by atoms with Crippen molar-refractivity contribution in [3.63, 3.8) is 0 Å². The maximum Gasteiger partial charge on any atom is 0.227 e. The van der Waals surface area contributed by atoms with Gasteiger partial charge in [0.2, 0.25) is 5.91 Å². The lowest BCUT2D eigenvalue weighted by molar-refractivity contribution is -0.131. The summed E-state index contributed by atoms with van der Waals surface area (Å²) in [4.78, 5) is 14.4. The van der Waals surface area contributed by atoms with Gasteiger partial charge in [-0.2, -0.15) is 0 Å². The Morgan fingerprint density at radius 2 is 2.00 bits per heavy atom. The minimum Gasteiger partial charge on any atom is -0.342 e. The molecule has 0 aliphatic heterocycles. The van der Waals surface area contributed by atoms with Crippen molar-refractivity contribution in [3.8, 4) is 0 Å². The maximum absolute atomic E-state index is 12.5. The predicted molar refractivity (Wildman–Crippen MR) is 84.9 cm³/mol. The molecule has 0 heterocycles. The molecule has 0 aliphatic carbocycles. The van der Waals surface area contributed by atoms with Gasteiger partial charge < -0.3 is 10.6 Å². The molecule has 4 heteroatoms. The van der Waals surface area contributed by atoms with Crippen molar-refractivity contribution in [2.45, 2.75) is 33.6 Å². The van der Waals surface area contributed by atoms with Crippen molar-refractivity contribution in [2.24, 2.45) is 11.1 Å². The summed E-state index contributed by atoms with van der Waals surface area (Å²) < 4.78 is 0. The van der Waals surface area contributed by atoms with Gasteiger partial charge in [0, 0.05) is 18.1 Å². The van der Waals surface area contributed by atoms with Gasteiger partial charge in [0.25, 0.3) is 0 Å². The van der Waals surface area contributed by atoms with Gasteiger partial charge in [0.05, 0.1) is 6.42 Å². The number of halogens is 1. The minimum absolute atomic E-state index is 0.0642. The number of hydrogen-bond acceptors (Lipinski definition) is 2. The molecular formula is C16H25ClN2O. The summed E-state index contributed by atoms with van der Waals surface area (Å²) in [5.74, 6) is 0.112. The summed E-state index contributed by atoms with van der Waals surface area (Å²) in [7, 11) is 0. The normalized spacial score (nSPS) is 11.4. The van der Waals surface area contributed by atoms with E-state index >= 15 is 0 Å². The molecule has 1 aromatic rings. The van der Waals surface area contributed by atoms with Gasteiger partial charge in [0.15, 0.2) is 0 Å². The van der Waals surface area contributed by atoms with Gasteiger partial charge >= 0.3 is 0 Å². The number of rotatable bonds is 7. The van der Waals surface area contributed by atoms with E-state index in [0.717, 1.165) is 18.5 Å². The second-order valence-electron chi connectivity index (χ2n) is 5.95. The van der Waals surface area contributed by atoms with Crippen LogP contribution >= 0.6 is 11.6 Å². The van der Waals surface area contributed by atoms with Crippen molar-refractivity contribution < 1.29 is 4.79 Å². The molecule has 1 aromatic carbocycles. The molecule has 0 saturated carbocycles. The zero-order chi connectivity index (χ0) is 15.2. The molecule has 3 nitrogen and oxygen atoms in total. The lowest BCUT2D eigenvalue weighted by Gasteiger charge is -2.32. The summed E-state index contributed by atoms with van der Waals surface area (Å²) in [6.07, 6.45) is 1.29. The van der Waals surface area contributed by atoms with E-state index in [-0.39, 0.29) is 11.3 Å². The third-order valence-corrected chi connectivity index (χ3v) is 3.69. The molecule has 2 N–H and O–H groups in total. The topological polar surface area (TPSA) is 46.3 Å². The first-order valence-corrected chi connectivity index (χ1v) is 7.48. The van der Waals surface area contributed by atoms with Crippen LogP contribution in [-0.4, -0.2) is 30.4 Å². The summed E-state index contributed by atoms with van der Waals surface area (Å²) in [6, 6.07) is 7.50. The molecule has 0 atom stereocenters. The van der Waals surface area contributed by atoms with Crippen LogP contribution in [-0.2, 0) is 11.2 Å². The Bertz CT molecular complexity index is 446. The van der Waals surface area contributed by atoms with Crippen LogP contribution in [0.3, 0.4) is 0 Å². The van der Waals surface area contributed by atoms with Crippen LogP contribution in [0, 0.1) is 5.41 Å². The van der Waals surface area contributed by atoms with E-state index in [1.807, 2.05) is 29.2 Å². The molecule has 0 fully saturated rings. The van der Waals surface area contributed by atoms with Crippen LogP contribution in [0.15, 0.2) is 24.3 Å². The van der Waals surface area contributed by atoms with Crippen LogP contribution in [0.4, 0.5) is 0 Å². The molecule has 0 aromatic heterocycles. The van der Waals surface area contributed by atoms with E-state index in [0.29, 0.717) is 24.5 Å². The number of benzene rings is 1. The first kappa shape index (κ1) is 17.0. The smallest absolute Gasteiger partial charge is 0.227 e. The SMILES string of the molecule is CCCN(CC(C)(C)CN)C(=O)Cc1ccccc1Cl. The third kappa shape index (κ3) is 5.14. The number of nitrogens with two attached hydrogens (primary N) is 1. The minimum atomic E-state index is -0.0642. The molecule has 1 rings (SSSR count). The first-order chi connectivity index (χ1) is 9.39. The van der Waals surface area contributed by atoms with Crippen LogP contribution in [0.2, 0.25) is 5.02 Å². The van der Waals surface area contributed by atoms with Crippen molar-refractivity contribution in [3.05, 3.63) is 34.9 Å². The molecule has 0 unspecified atom stereocenters. The summed E-state index contributed by atoms with van der Waals surface area (Å²) in [5, 5.41) is 0.649. The average Bonchev–Trinajstić information content (AvgIpc) is 2.40. The zero-order valence-corrected chi connectivity index (χ0v) is 13.4. The summed E-state index contributed by atoms with van der Waals surface area (Å²) >= 11 is 6.12. The number of carbonyl (C=O) groups excluding carboxylic acids is 1. The summed E-state index contributed by atoms with van der Waals surface area (Å²) in [6.45, 7) is 8.24. The fourth-order valence-electron chi connectivity index (χ4n) is 2.06. The zero-order valence-electron chi connectivity index (χ0n) is 12.7. The van der Waals surface area contributed by atoms with Gasteiger partial charge in [-0.05, 0) is 30.0 Å². The van der Waals surface area contributed by atoms with Crippen molar-refractivity contribution in [1.29, 1.82) is 0 Å². The van der Waals surface area contributed by atoms with Crippen LogP contribution in [0.25, 0.3) is 0 Å². The highest BCUT2D eigenvalue weighted by Crippen LogP contribution is 2.19. The van der Waals surface area contributed by atoms with Gasteiger partial charge in [-0.1, -0.05) is 50.6 Å². The van der Waals surface area contributed by atoms with E-state index in [2.05, 4.69) is 20.8 Å². The number of carbonyl (C=O) groups is 1. The van der Waals surface area contributed by atoms with E-state index in [4.69, 9.17) is 17.3 Å². The van der Waals surface area contributed by atoms with Crippen molar-refractivity contribution in [1.82, 2.24) is 4.90 Å². The molecule has 20 heavy (non-hydrogen) atoms. The number of hydrogen-bond donors (Lipinski definition) is 1. The average molecular weight is 297 g/mol. The molecule has 0 spiro atoms. The van der Waals surface area contributed by atoms with Gasteiger partial charge in [-0.15, -0.1) is 0 Å². The molecule has 0 aliphatic rings. The highest BCUT2D eigenvalue weighted by molar-refractivity contribution is 6.31. The van der Waals surface area contributed by atoms with Crippen LogP contribution in [0.1, 0.15) is 32.8 Å². The highest BCUT2D eigenvalue weighted by atomic mass is 35.5. The van der Waals surface area contributed by atoms with Crippen LogP contribution < -0.4 is 5.73 Å². The highest BCUT2D eigenvalue weighted by Gasteiger charge is 2.23. The molecule has 0 bridgehead atoms. The largest absolute Gasteiger partial charge is 0.342 e. The monoisotopic (exact) mass is 296 g/mol. The summed E-state index contributed by atoms with van der Waals surface area (Å²) in [5.41, 5.74) is 6.58. The lowest BCUT2D eigenvalue weighted by Crippen LogP contribution is -2.43. The first-order valence-electron chi connectivity index (χ1n) is 7.11. The van der Waals surface area contributed by atoms with Gasteiger partial charge in [-0.3, -0.25) is 4.79 Å². The quantitative estimate of drug-likeness (QED) is 0.840.